The Kier molecular flexibility index (Phi) is 1.78. The van der Waals surface area contributed by atoms with Crippen molar-refractivity contribution >= 4 is 0 Å². The smallest absolute Gasteiger partial charge is 0.0158 e. The third-order valence-corrected chi connectivity index (χ3v) is 6.67. The van der Waals surface area contributed by atoms with Gasteiger partial charge < -0.3 is 0 Å². The van der Waals surface area contributed by atoms with Crippen LogP contribution in [0.2, 0.25) is 0 Å². The maximum Gasteiger partial charge on any atom is -0.0158 e. The van der Waals surface area contributed by atoms with Crippen LogP contribution in [0, 0.1) is 28.1 Å². The molecule has 3 aliphatic rings. The van der Waals surface area contributed by atoms with E-state index in [0.717, 1.165) is 17.3 Å². The lowest BCUT2D eigenvalue weighted by Crippen LogP contribution is -2.48. The lowest BCUT2D eigenvalue weighted by Gasteiger charge is -2.56. The first-order valence-corrected chi connectivity index (χ1v) is 6.93. The van der Waals surface area contributed by atoms with Crippen molar-refractivity contribution in [2.45, 2.75) is 66.2 Å². The van der Waals surface area contributed by atoms with Gasteiger partial charge in [0, 0.05) is 0 Å². The van der Waals surface area contributed by atoms with Crippen LogP contribution >= 0.6 is 0 Å². The van der Waals surface area contributed by atoms with Crippen LogP contribution in [0.25, 0.3) is 0 Å². The van der Waals surface area contributed by atoms with Crippen molar-refractivity contribution in [3.63, 3.8) is 0 Å². The summed E-state index contributed by atoms with van der Waals surface area (Å²) in [5, 5.41) is 0. The largest absolute Gasteiger partial charge is 0.0622 e. The predicted molar refractivity (Wildman–Crippen MR) is 64.7 cm³/mol. The molecule has 0 unspecified atom stereocenters. The predicted octanol–water partition coefficient (Wildman–Crippen LogP) is 4.64. The number of hydrogen-bond acceptors (Lipinski definition) is 0. The van der Waals surface area contributed by atoms with Gasteiger partial charge in [-0.05, 0) is 60.2 Å². The Balaban J connectivity index is 2.03. The minimum absolute atomic E-state index is 0.624. The summed E-state index contributed by atoms with van der Waals surface area (Å²) in [5.41, 5.74) is 2.07. The Morgan fingerprint density at radius 3 is 2.47 bits per heavy atom. The van der Waals surface area contributed by atoms with Crippen molar-refractivity contribution in [1.82, 2.24) is 0 Å². The average Bonchev–Trinajstić information content (AvgIpc) is 2.88. The van der Waals surface area contributed by atoms with Crippen LogP contribution in [-0.4, -0.2) is 0 Å². The van der Waals surface area contributed by atoms with Gasteiger partial charge in [-0.15, -0.1) is 0 Å². The highest BCUT2D eigenvalue weighted by molar-refractivity contribution is 5.22. The molecule has 3 saturated carbocycles. The first-order chi connectivity index (χ1) is 6.93. The fourth-order valence-corrected chi connectivity index (χ4v) is 5.73. The zero-order chi connectivity index (χ0) is 10.9. The van der Waals surface area contributed by atoms with Crippen LogP contribution in [0.5, 0.6) is 0 Å². The minimum Gasteiger partial charge on any atom is -0.0622 e. The van der Waals surface area contributed by atoms with Gasteiger partial charge >= 0.3 is 0 Å². The van der Waals surface area contributed by atoms with Gasteiger partial charge in [-0.1, -0.05) is 34.1 Å². The van der Waals surface area contributed by atoms with Crippen LogP contribution in [0.3, 0.4) is 0 Å². The minimum atomic E-state index is 0.624. The van der Waals surface area contributed by atoms with E-state index in [-0.39, 0.29) is 0 Å². The second-order valence-electron chi connectivity index (χ2n) is 7.60. The molecule has 0 aromatic heterocycles. The van der Waals surface area contributed by atoms with E-state index in [0.29, 0.717) is 10.8 Å². The summed E-state index contributed by atoms with van der Waals surface area (Å²) in [4.78, 5) is 0. The van der Waals surface area contributed by atoms with E-state index >= 15 is 0 Å². The van der Waals surface area contributed by atoms with E-state index in [4.69, 9.17) is 0 Å². The highest BCUT2D eigenvalue weighted by Gasteiger charge is 2.73. The molecule has 4 atom stereocenters. The molecule has 15 heavy (non-hydrogen) atoms. The summed E-state index contributed by atoms with van der Waals surface area (Å²) < 4.78 is 0. The van der Waals surface area contributed by atoms with Gasteiger partial charge in [0.05, 0.1) is 0 Å². The zero-order valence-corrected chi connectivity index (χ0v) is 10.9. The van der Waals surface area contributed by atoms with Gasteiger partial charge in [-0.25, -0.2) is 0 Å². The Hall–Kier alpha value is 0. The van der Waals surface area contributed by atoms with E-state index in [9.17, 15) is 0 Å². The quantitative estimate of drug-likeness (QED) is 0.541. The summed E-state index contributed by atoms with van der Waals surface area (Å²) in [6.07, 6.45) is 9.03. The number of hydrogen-bond donors (Lipinski definition) is 0. The fraction of sp³-hybridized carbons (Fsp3) is 1.00. The lowest BCUT2D eigenvalue weighted by molar-refractivity contribution is -0.0689. The van der Waals surface area contributed by atoms with E-state index in [1.807, 2.05) is 0 Å². The summed E-state index contributed by atoms with van der Waals surface area (Å²) in [7, 11) is 0. The Labute approximate surface area is 94.8 Å². The maximum absolute atomic E-state index is 2.61. The topological polar surface area (TPSA) is 0 Å². The molecule has 0 radical (unpaired) electrons. The van der Waals surface area contributed by atoms with Gasteiger partial charge in [0.15, 0.2) is 0 Å². The van der Waals surface area contributed by atoms with Crippen molar-refractivity contribution in [3.05, 3.63) is 0 Å². The standard InChI is InChI=1S/C15H26/c1-11-6-9-14(4)8-5-7-13(2,3)15(14)10-12(11)15/h11-12H,5-10H2,1-4H3/t11-,12+,14+,15+/m1/s1. The first kappa shape index (κ1) is 10.2. The summed E-state index contributed by atoms with van der Waals surface area (Å²) in [5.74, 6) is 2.09. The SMILES string of the molecule is C[C@@H]1CC[C@]2(C)CCCC(C)(C)[C@@]23C[C@@H]13. The second-order valence-corrected chi connectivity index (χ2v) is 7.60. The third-order valence-electron chi connectivity index (χ3n) is 6.67. The monoisotopic (exact) mass is 206 g/mol. The normalized spacial score (nSPS) is 56.8. The molecule has 0 N–H and O–H groups in total. The molecule has 0 heteroatoms. The van der Waals surface area contributed by atoms with Crippen LogP contribution < -0.4 is 0 Å². The molecule has 86 valence electrons. The van der Waals surface area contributed by atoms with E-state index in [1.165, 1.54) is 32.1 Å². The van der Waals surface area contributed by atoms with Gasteiger partial charge in [-0.3, -0.25) is 0 Å². The third kappa shape index (κ3) is 0.996. The lowest BCUT2D eigenvalue weighted by atomic mass is 9.49. The molecule has 0 nitrogen and oxygen atoms in total. The molecule has 0 amide bonds. The molecule has 1 spiro atoms. The van der Waals surface area contributed by atoms with Crippen molar-refractivity contribution in [2.75, 3.05) is 0 Å². The molecular weight excluding hydrogens is 180 g/mol. The molecule has 0 bridgehead atoms. The molecule has 0 aromatic carbocycles. The molecule has 3 fully saturated rings. The van der Waals surface area contributed by atoms with Crippen molar-refractivity contribution in [2.24, 2.45) is 28.1 Å². The second kappa shape index (κ2) is 2.63. The highest BCUT2D eigenvalue weighted by Crippen LogP contribution is 2.81. The molecule has 3 rings (SSSR count). The van der Waals surface area contributed by atoms with Crippen molar-refractivity contribution in [1.29, 1.82) is 0 Å². The fourth-order valence-electron chi connectivity index (χ4n) is 5.73. The van der Waals surface area contributed by atoms with E-state index in [2.05, 4.69) is 27.7 Å². The molecule has 0 saturated heterocycles. The van der Waals surface area contributed by atoms with Gasteiger partial charge in [0.1, 0.15) is 0 Å². The number of rotatable bonds is 0. The Morgan fingerprint density at radius 1 is 1.00 bits per heavy atom. The molecular formula is C15H26. The average molecular weight is 206 g/mol. The highest BCUT2D eigenvalue weighted by atomic mass is 14.8. The van der Waals surface area contributed by atoms with Crippen LogP contribution in [-0.2, 0) is 0 Å². The van der Waals surface area contributed by atoms with E-state index in [1.54, 1.807) is 6.42 Å². The summed E-state index contributed by atoms with van der Waals surface area (Å²) >= 11 is 0. The summed E-state index contributed by atoms with van der Waals surface area (Å²) in [6.45, 7) is 10.2. The Morgan fingerprint density at radius 2 is 1.73 bits per heavy atom. The maximum atomic E-state index is 2.61. The summed E-state index contributed by atoms with van der Waals surface area (Å²) in [6, 6.07) is 0. The zero-order valence-electron chi connectivity index (χ0n) is 10.9. The van der Waals surface area contributed by atoms with Gasteiger partial charge in [0.25, 0.3) is 0 Å². The first-order valence-electron chi connectivity index (χ1n) is 6.93. The van der Waals surface area contributed by atoms with Crippen LogP contribution in [0.1, 0.15) is 66.2 Å². The molecule has 0 aliphatic heterocycles. The van der Waals surface area contributed by atoms with Crippen LogP contribution in [0.4, 0.5) is 0 Å². The molecule has 3 aliphatic carbocycles. The Bertz CT molecular complexity index is 290. The molecule has 0 heterocycles. The van der Waals surface area contributed by atoms with Crippen molar-refractivity contribution in [3.8, 4) is 0 Å². The van der Waals surface area contributed by atoms with Crippen LogP contribution in [0.15, 0.2) is 0 Å². The van der Waals surface area contributed by atoms with Gasteiger partial charge in [0.2, 0.25) is 0 Å². The molecule has 0 aromatic rings. The van der Waals surface area contributed by atoms with Crippen molar-refractivity contribution < 1.29 is 0 Å². The van der Waals surface area contributed by atoms with E-state index < -0.39 is 0 Å². The van der Waals surface area contributed by atoms with Gasteiger partial charge in [-0.2, -0.15) is 0 Å².